The molecule has 114 valence electrons. The third-order valence-electron chi connectivity index (χ3n) is 2.82. The maximum atomic E-state index is 12.4. The van der Waals surface area contributed by atoms with Crippen LogP contribution in [-0.2, 0) is 0 Å². The summed E-state index contributed by atoms with van der Waals surface area (Å²) in [5, 5.41) is 2.79. The van der Waals surface area contributed by atoms with Gasteiger partial charge in [-0.05, 0) is 58.6 Å². The molecule has 0 radical (unpaired) electrons. The van der Waals surface area contributed by atoms with Gasteiger partial charge >= 0.3 is 0 Å². The number of halogens is 1. The lowest BCUT2D eigenvalue weighted by Gasteiger charge is -2.13. The van der Waals surface area contributed by atoms with Gasteiger partial charge in [0, 0.05) is 22.6 Å². The molecular weight excluding hydrogens is 411 g/mol. The van der Waals surface area contributed by atoms with Gasteiger partial charge in [0.2, 0.25) is 0 Å². The summed E-state index contributed by atoms with van der Waals surface area (Å²) in [5.41, 5.74) is 1.24. The number of amides is 2. The van der Waals surface area contributed by atoms with E-state index in [0.717, 1.165) is 20.2 Å². The highest BCUT2D eigenvalue weighted by molar-refractivity contribution is 14.1. The molecule has 0 unspecified atom stereocenters. The summed E-state index contributed by atoms with van der Waals surface area (Å²) in [6.07, 6.45) is 0. The maximum Gasteiger partial charge on any atom is 0.286 e. The van der Waals surface area contributed by atoms with E-state index >= 15 is 0 Å². The molecule has 0 aromatic heterocycles. The van der Waals surface area contributed by atoms with Crippen molar-refractivity contribution in [2.24, 2.45) is 0 Å². The van der Waals surface area contributed by atoms with Gasteiger partial charge < -0.3 is 10.2 Å². The van der Waals surface area contributed by atoms with E-state index in [1.54, 1.807) is 26.2 Å². The molecule has 0 aliphatic rings. The molecule has 0 aliphatic carbocycles. The van der Waals surface area contributed by atoms with E-state index < -0.39 is 0 Å². The molecule has 2 aromatic rings. The highest BCUT2D eigenvalue weighted by Crippen LogP contribution is 2.29. The maximum absolute atomic E-state index is 12.4. The Bertz CT molecular complexity index is 704. The quantitative estimate of drug-likeness (QED) is 0.588. The number of thioether (sulfide) groups is 1. The average Bonchev–Trinajstić information content (AvgIpc) is 2.49. The van der Waals surface area contributed by atoms with Gasteiger partial charge in [0.25, 0.3) is 11.1 Å². The summed E-state index contributed by atoms with van der Waals surface area (Å²) < 4.78 is 0.882. The highest BCUT2D eigenvalue weighted by atomic mass is 127. The van der Waals surface area contributed by atoms with E-state index in [-0.39, 0.29) is 11.1 Å². The smallest absolute Gasteiger partial charge is 0.286 e. The number of nitrogens with zero attached hydrogens (tertiary/aromatic N) is 1. The topological polar surface area (TPSA) is 49.4 Å². The Kier molecular flexibility index (Phi) is 5.84. The summed E-state index contributed by atoms with van der Waals surface area (Å²) in [6.45, 7) is 0. The van der Waals surface area contributed by atoms with Crippen molar-refractivity contribution in [1.82, 2.24) is 4.90 Å². The van der Waals surface area contributed by atoms with E-state index in [1.807, 2.05) is 36.4 Å². The van der Waals surface area contributed by atoms with Crippen LogP contribution in [0.1, 0.15) is 10.4 Å². The molecule has 0 saturated heterocycles. The molecule has 0 spiro atoms. The van der Waals surface area contributed by atoms with Gasteiger partial charge in [0.1, 0.15) is 0 Å². The molecule has 2 amide bonds. The standard InChI is InChI=1S/C16H15IN2O2S/c1-19(2)16(21)22-14-10-6-5-9-13(14)18-15(20)11-7-3-4-8-12(11)17/h3-10H,1-2H3,(H,18,20). The predicted molar refractivity (Wildman–Crippen MR) is 98.5 cm³/mol. The monoisotopic (exact) mass is 426 g/mol. The SMILES string of the molecule is CN(C)C(=O)Sc1ccccc1NC(=O)c1ccccc1I. The molecule has 1 N–H and O–H groups in total. The molecule has 2 rings (SSSR count). The molecule has 0 heterocycles. The van der Waals surface area contributed by atoms with Gasteiger partial charge in [-0.25, -0.2) is 0 Å². The molecule has 0 aliphatic heterocycles. The molecular formula is C16H15IN2O2S. The van der Waals surface area contributed by atoms with E-state index in [0.29, 0.717) is 11.3 Å². The molecule has 2 aromatic carbocycles. The Morgan fingerprint density at radius 1 is 1.05 bits per heavy atom. The first kappa shape index (κ1) is 16.8. The van der Waals surface area contributed by atoms with Crippen molar-refractivity contribution in [2.75, 3.05) is 19.4 Å². The van der Waals surface area contributed by atoms with E-state index in [4.69, 9.17) is 0 Å². The van der Waals surface area contributed by atoms with Gasteiger partial charge in [0.15, 0.2) is 0 Å². The summed E-state index contributed by atoms with van der Waals surface area (Å²) in [4.78, 5) is 26.5. The van der Waals surface area contributed by atoms with Crippen LogP contribution in [0.5, 0.6) is 0 Å². The first-order valence-electron chi connectivity index (χ1n) is 6.53. The van der Waals surface area contributed by atoms with Crippen molar-refractivity contribution in [3.05, 3.63) is 57.7 Å². The lowest BCUT2D eigenvalue weighted by molar-refractivity contribution is 0.102. The predicted octanol–water partition coefficient (Wildman–Crippen LogP) is 4.32. The fourth-order valence-corrected chi connectivity index (χ4v) is 3.06. The number of carbonyl (C=O) groups excluding carboxylic acids is 2. The number of rotatable bonds is 3. The van der Waals surface area contributed by atoms with Crippen LogP contribution in [0.4, 0.5) is 10.5 Å². The zero-order chi connectivity index (χ0) is 16.1. The van der Waals surface area contributed by atoms with Crippen molar-refractivity contribution in [2.45, 2.75) is 4.90 Å². The van der Waals surface area contributed by atoms with E-state index in [9.17, 15) is 9.59 Å². The Morgan fingerprint density at radius 3 is 2.36 bits per heavy atom. The lowest BCUT2D eigenvalue weighted by atomic mass is 10.2. The molecule has 0 atom stereocenters. The van der Waals surface area contributed by atoms with Crippen LogP contribution in [0.2, 0.25) is 0 Å². The van der Waals surface area contributed by atoms with Crippen LogP contribution in [-0.4, -0.2) is 30.1 Å². The number of anilines is 1. The third-order valence-corrected chi connectivity index (χ3v) is 4.87. The van der Waals surface area contributed by atoms with Gasteiger partial charge in [-0.3, -0.25) is 9.59 Å². The second-order valence-electron chi connectivity index (χ2n) is 4.69. The van der Waals surface area contributed by atoms with Crippen molar-refractivity contribution in [1.29, 1.82) is 0 Å². The Hall–Kier alpha value is -1.54. The van der Waals surface area contributed by atoms with Crippen LogP contribution in [0.25, 0.3) is 0 Å². The zero-order valence-electron chi connectivity index (χ0n) is 12.2. The minimum atomic E-state index is -0.185. The van der Waals surface area contributed by atoms with E-state index in [1.165, 1.54) is 4.90 Å². The van der Waals surface area contributed by atoms with Gasteiger partial charge in [0.05, 0.1) is 11.3 Å². The van der Waals surface area contributed by atoms with Crippen molar-refractivity contribution < 1.29 is 9.59 Å². The largest absolute Gasteiger partial charge is 0.339 e. The third kappa shape index (κ3) is 4.23. The Labute approximate surface area is 147 Å². The highest BCUT2D eigenvalue weighted by Gasteiger charge is 2.14. The number of para-hydroxylation sites is 1. The van der Waals surface area contributed by atoms with Gasteiger partial charge in [-0.15, -0.1) is 0 Å². The molecule has 4 nitrogen and oxygen atoms in total. The van der Waals surface area contributed by atoms with Crippen molar-refractivity contribution in [3.63, 3.8) is 0 Å². The number of hydrogen-bond acceptors (Lipinski definition) is 3. The van der Waals surface area contributed by atoms with Crippen LogP contribution < -0.4 is 5.32 Å². The molecule has 22 heavy (non-hydrogen) atoms. The average molecular weight is 426 g/mol. The number of benzene rings is 2. The summed E-state index contributed by atoms with van der Waals surface area (Å²) in [5.74, 6) is -0.185. The number of carbonyl (C=O) groups is 2. The molecule has 0 bridgehead atoms. The summed E-state index contributed by atoms with van der Waals surface area (Å²) in [7, 11) is 3.39. The summed E-state index contributed by atoms with van der Waals surface area (Å²) >= 11 is 3.22. The fourth-order valence-electron chi connectivity index (χ4n) is 1.68. The Morgan fingerprint density at radius 2 is 1.68 bits per heavy atom. The summed E-state index contributed by atoms with van der Waals surface area (Å²) in [6, 6.07) is 14.6. The number of hydrogen-bond donors (Lipinski definition) is 1. The second kappa shape index (κ2) is 7.64. The minimum Gasteiger partial charge on any atom is -0.339 e. The Balaban J connectivity index is 2.21. The van der Waals surface area contributed by atoms with Crippen LogP contribution in [0.3, 0.4) is 0 Å². The van der Waals surface area contributed by atoms with Crippen LogP contribution in [0, 0.1) is 3.57 Å². The van der Waals surface area contributed by atoms with Crippen LogP contribution in [0.15, 0.2) is 53.4 Å². The normalized spacial score (nSPS) is 10.1. The first-order chi connectivity index (χ1) is 10.5. The fraction of sp³-hybridized carbons (Fsp3) is 0.125. The van der Waals surface area contributed by atoms with Crippen molar-refractivity contribution >= 4 is 51.2 Å². The molecule has 0 fully saturated rings. The van der Waals surface area contributed by atoms with Gasteiger partial charge in [-0.2, -0.15) is 0 Å². The molecule has 6 heteroatoms. The molecule has 0 saturated carbocycles. The van der Waals surface area contributed by atoms with Gasteiger partial charge in [-0.1, -0.05) is 24.3 Å². The first-order valence-corrected chi connectivity index (χ1v) is 8.42. The number of nitrogens with one attached hydrogen (secondary N) is 1. The van der Waals surface area contributed by atoms with Crippen LogP contribution >= 0.6 is 34.4 Å². The second-order valence-corrected chi connectivity index (χ2v) is 6.85. The zero-order valence-corrected chi connectivity index (χ0v) is 15.1. The van der Waals surface area contributed by atoms with Crippen molar-refractivity contribution in [3.8, 4) is 0 Å². The van der Waals surface area contributed by atoms with E-state index in [2.05, 4.69) is 27.9 Å². The lowest BCUT2D eigenvalue weighted by Crippen LogP contribution is -2.17. The minimum absolute atomic E-state index is 0.0870.